The summed E-state index contributed by atoms with van der Waals surface area (Å²) in [6.45, 7) is 3.02. The molecule has 96 valence electrons. The van der Waals surface area contributed by atoms with Gasteiger partial charge in [-0.25, -0.2) is 0 Å². The van der Waals surface area contributed by atoms with Crippen LogP contribution in [-0.2, 0) is 19.6 Å². The fraction of sp³-hybridized carbons (Fsp3) is 0.875. The summed E-state index contributed by atoms with van der Waals surface area (Å²) < 4.78 is 56.5. The van der Waals surface area contributed by atoms with Gasteiger partial charge in [-0.1, -0.05) is 6.92 Å². The van der Waals surface area contributed by atoms with Crippen LogP contribution in [0.5, 0.6) is 0 Å². The number of alkyl halides is 2. The van der Waals surface area contributed by atoms with Crippen molar-refractivity contribution in [2.45, 2.75) is 32.4 Å². The average Bonchev–Trinajstić information content (AvgIpc) is 2.12. The van der Waals surface area contributed by atoms with Gasteiger partial charge in [-0.15, -0.1) is 8.42 Å². The maximum atomic E-state index is 12.7. The van der Waals surface area contributed by atoms with E-state index in [-0.39, 0.29) is 0 Å². The van der Waals surface area contributed by atoms with Crippen LogP contribution >= 0.6 is 0 Å². The average molecular weight is 261 g/mol. The summed E-state index contributed by atoms with van der Waals surface area (Å²) in [5.41, 5.74) is -0.956. The van der Waals surface area contributed by atoms with Crippen LogP contribution in [-0.4, -0.2) is 30.8 Å². The second-order valence-electron chi connectivity index (χ2n) is 3.95. The molecule has 0 saturated heterocycles. The van der Waals surface area contributed by atoms with Gasteiger partial charge in [0, 0.05) is 0 Å². The van der Waals surface area contributed by atoms with Crippen molar-refractivity contribution in [2.75, 3.05) is 6.61 Å². The molecular formula is C8H15F2O5S+. The zero-order chi connectivity index (χ0) is 13.2. The second kappa shape index (κ2) is 4.62. The van der Waals surface area contributed by atoms with E-state index in [1.54, 1.807) is 6.92 Å². The van der Waals surface area contributed by atoms with Crippen molar-refractivity contribution in [2.24, 2.45) is 5.41 Å². The molecule has 5 nitrogen and oxygen atoms in total. The molecule has 0 aromatic carbocycles. The first-order valence-corrected chi connectivity index (χ1v) is 5.96. The Balaban J connectivity index is 4.55. The van der Waals surface area contributed by atoms with Crippen LogP contribution in [0, 0.1) is 5.41 Å². The van der Waals surface area contributed by atoms with Crippen LogP contribution < -0.4 is 0 Å². The molecule has 0 aromatic heterocycles. The summed E-state index contributed by atoms with van der Waals surface area (Å²) in [5.74, 6) is -0.918. The SMILES string of the molecule is CCC(C)(C)C(=O)OCC(F)(F)S(=O)(=O)[OH2+]. The van der Waals surface area contributed by atoms with E-state index in [0.29, 0.717) is 6.42 Å². The number of rotatable bonds is 5. The lowest BCUT2D eigenvalue weighted by Gasteiger charge is -2.21. The molecule has 0 saturated carbocycles. The summed E-state index contributed by atoms with van der Waals surface area (Å²) >= 11 is 0. The fourth-order valence-corrected chi connectivity index (χ4v) is 0.781. The number of carbonyl (C=O) groups excluding carboxylic acids is 1. The molecule has 0 aromatic rings. The molecule has 2 N–H and O–H groups in total. The van der Waals surface area contributed by atoms with E-state index >= 15 is 0 Å². The van der Waals surface area contributed by atoms with Gasteiger partial charge in [-0.2, -0.15) is 8.78 Å². The van der Waals surface area contributed by atoms with Gasteiger partial charge < -0.3 is 9.29 Å². The van der Waals surface area contributed by atoms with Crippen LogP contribution in [0.15, 0.2) is 0 Å². The highest BCUT2D eigenvalue weighted by Crippen LogP contribution is 2.25. The largest absolute Gasteiger partial charge is 0.457 e. The maximum Gasteiger partial charge on any atom is 0.448 e. The molecule has 0 aliphatic carbocycles. The Morgan fingerprint density at radius 3 is 2.12 bits per heavy atom. The van der Waals surface area contributed by atoms with Gasteiger partial charge in [0.1, 0.15) is 0 Å². The number of carbonyl (C=O) groups is 1. The van der Waals surface area contributed by atoms with Crippen LogP contribution in [0.1, 0.15) is 27.2 Å². The highest BCUT2D eigenvalue weighted by molar-refractivity contribution is 7.86. The van der Waals surface area contributed by atoms with E-state index < -0.39 is 33.4 Å². The van der Waals surface area contributed by atoms with Gasteiger partial charge >= 0.3 is 21.3 Å². The first-order chi connectivity index (χ1) is 6.94. The number of hydrogen-bond donors (Lipinski definition) is 0. The Hall–Kier alpha value is -0.760. The summed E-state index contributed by atoms with van der Waals surface area (Å²) in [7, 11) is -5.31. The van der Waals surface area contributed by atoms with Gasteiger partial charge in [0.15, 0.2) is 6.61 Å². The minimum Gasteiger partial charge on any atom is -0.457 e. The highest BCUT2D eigenvalue weighted by Gasteiger charge is 2.50. The summed E-state index contributed by atoms with van der Waals surface area (Å²) in [6.07, 6.45) is 0.366. The van der Waals surface area contributed by atoms with Crippen molar-refractivity contribution in [3.8, 4) is 0 Å². The third kappa shape index (κ3) is 3.67. The monoisotopic (exact) mass is 261 g/mol. The lowest BCUT2D eigenvalue weighted by molar-refractivity contribution is -0.160. The molecule has 0 rings (SSSR count). The summed E-state index contributed by atoms with van der Waals surface area (Å²) in [4.78, 5) is 11.3. The molecule has 8 heteroatoms. The van der Waals surface area contributed by atoms with Gasteiger partial charge in [0.25, 0.3) is 0 Å². The van der Waals surface area contributed by atoms with Gasteiger partial charge in [0.2, 0.25) is 0 Å². The molecule has 0 atom stereocenters. The lowest BCUT2D eigenvalue weighted by Crippen LogP contribution is -2.37. The molecule has 0 aliphatic rings. The van der Waals surface area contributed by atoms with Gasteiger partial charge in [0.05, 0.1) is 5.41 Å². The predicted octanol–water partition coefficient (Wildman–Crippen LogP) is 0.613. The molecule has 0 fully saturated rings. The lowest BCUT2D eigenvalue weighted by atomic mass is 9.91. The second-order valence-corrected chi connectivity index (χ2v) is 5.56. The van der Waals surface area contributed by atoms with Crippen LogP contribution in [0.4, 0.5) is 8.78 Å². The zero-order valence-corrected chi connectivity index (χ0v) is 10.0. The molecule has 0 bridgehead atoms. The zero-order valence-electron chi connectivity index (χ0n) is 9.21. The first kappa shape index (κ1) is 15.2. The number of hydrogen-bond acceptors (Lipinski definition) is 4. The van der Waals surface area contributed by atoms with Crippen molar-refractivity contribution in [1.29, 1.82) is 0 Å². The van der Waals surface area contributed by atoms with Gasteiger partial charge in [-0.3, -0.25) is 4.79 Å². The molecule has 0 amide bonds. The molecular weight excluding hydrogens is 246 g/mol. The number of halogens is 2. The van der Waals surface area contributed by atoms with Crippen molar-refractivity contribution in [1.82, 2.24) is 0 Å². The molecule has 16 heavy (non-hydrogen) atoms. The van der Waals surface area contributed by atoms with Crippen molar-refractivity contribution in [3.05, 3.63) is 0 Å². The predicted molar refractivity (Wildman–Crippen MR) is 52.5 cm³/mol. The van der Waals surface area contributed by atoms with Crippen molar-refractivity contribution in [3.63, 3.8) is 0 Å². The minimum absolute atomic E-state index is 0.366. The maximum absolute atomic E-state index is 12.7. The molecule has 0 unspecified atom stereocenters. The summed E-state index contributed by atoms with van der Waals surface area (Å²) in [6, 6.07) is 0. The molecule has 0 heterocycles. The molecule has 0 spiro atoms. The van der Waals surface area contributed by atoms with E-state index in [2.05, 4.69) is 4.74 Å². The van der Waals surface area contributed by atoms with Crippen molar-refractivity contribution < 1.29 is 31.3 Å². The first-order valence-electron chi connectivity index (χ1n) is 4.48. The Morgan fingerprint density at radius 2 is 1.81 bits per heavy atom. The van der Waals surface area contributed by atoms with E-state index in [4.69, 9.17) is 4.55 Å². The van der Waals surface area contributed by atoms with Crippen molar-refractivity contribution >= 4 is 16.1 Å². The quantitative estimate of drug-likeness (QED) is 0.536. The topological polar surface area (TPSA) is 83.3 Å². The van der Waals surface area contributed by atoms with E-state index in [1.165, 1.54) is 13.8 Å². The highest BCUT2D eigenvalue weighted by atomic mass is 32.2. The normalized spacial score (nSPS) is 13.6. The Kier molecular flexibility index (Phi) is 4.40. The van der Waals surface area contributed by atoms with Crippen LogP contribution in [0.2, 0.25) is 0 Å². The minimum atomic E-state index is -5.31. The van der Waals surface area contributed by atoms with Gasteiger partial charge in [-0.05, 0) is 20.3 Å². The molecule has 0 radical (unpaired) electrons. The summed E-state index contributed by atoms with van der Waals surface area (Å²) in [5, 5.41) is -4.37. The number of esters is 1. The van der Waals surface area contributed by atoms with Crippen LogP contribution in [0.3, 0.4) is 0 Å². The standard InChI is InChI=1S/C8H14F2O5S/c1-4-7(2,3)6(11)15-5-8(9,10)16(12,13)14/h4-5H2,1-3H3,(H,12,13,14)/p+1. The van der Waals surface area contributed by atoms with Crippen LogP contribution in [0.25, 0.3) is 0 Å². The Morgan fingerprint density at radius 1 is 1.38 bits per heavy atom. The number of ether oxygens (including phenoxy) is 1. The third-order valence-corrected chi connectivity index (χ3v) is 3.11. The third-order valence-electron chi connectivity index (χ3n) is 2.20. The Bertz CT molecular complexity index is 361. The van der Waals surface area contributed by atoms with E-state index in [9.17, 15) is 22.0 Å². The smallest absolute Gasteiger partial charge is 0.448 e. The molecule has 0 aliphatic heterocycles. The Labute approximate surface area is 92.5 Å². The van der Waals surface area contributed by atoms with E-state index in [1.807, 2.05) is 0 Å². The van der Waals surface area contributed by atoms with E-state index in [0.717, 1.165) is 0 Å². The fourth-order valence-electron chi connectivity index (χ4n) is 0.567.